The largest absolute Gasteiger partial charge is 0.467 e. The molecule has 0 bridgehead atoms. The molecule has 0 saturated heterocycles. The average molecular weight is 465 g/mol. The number of carbonyl (C=O) groups is 3. The second-order valence-corrected chi connectivity index (χ2v) is 7.70. The molecular formula is C24H28N6O4. The summed E-state index contributed by atoms with van der Waals surface area (Å²) in [6.45, 7) is 0.0215. The van der Waals surface area contributed by atoms with Gasteiger partial charge in [0, 0.05) is 12.6 Å². The summed E-state index contributed by atoms with van der Waals surface area (Å²) in [5, 5.41) is 0.878. The molecule has 0 saturated carbocycles. The number of hydrazine groups is 1. The fraction of sp³-hybridized carbons (Fsp3) is 0.250. The van der Waals surface area contributed by atoms with Crippen molar-refractivity contribution in [2.45, 2.75) is 31.5 Å². The number of benzene rings is 2. The maximum atomic E-state index is 13.5. The van der Waals surface area contributed by atoms with Crippen molar-refractivity contribution >= 4 is 17.9 Å². The van der Waals surface area contributed by atoms with E-state index in [2.05, 4.69) is 9.97 Å². The number of imidazole rings is 1. The lowest BCUT2D eigenvalue weighted by Gasteiger charge is -2.33. The highest BCUT2D eigenvalue weighted by Crippen LogP contribution is 2.16. The molecule has 0 fully saturated rings. The van der Waals surface area contributed by atoms with Crippen LogP contribution in [0.3, 0.4) is 0 Å². The fourth-order valence-electron chi connectivity index (χ4n) is 3.52. The topological polar surface area (TPSA) is 148 Å². The van der Waals surface area contributed by atoms with E-state index >= 15 is 0 Å². The molecule has 1 heterocycles. The summed E-state index contributed by atoms with van der Waals surface area (Å²) in [6, 6.07) is 14.9. The normalized spacial score (nSPS) is 12.4. The molecular weight excluding hydrogens is 436 g/mol. The van der Waals surface area contributed by atoms with E-state index in [1.54, 1.807) is 30.5 Å². The number of ether oxygens (including phenoxy) is 1. The summed E-state index contributed by atoms with van der Waals surface area (Å²) in [7, 11) is 1.18. The standard InChI is InChI=1S/C24H28N6O4/c1-34-23(32)21(13-19-14-27-16-28-19)30(22(31)20(25)12-17-8-4-2-5-9-17)24(33)29(26)15-18-10-6-3-7-11-18/h2-11,14,16,20-21H,12-13,15,25-26H2,1H3,(H,27,28)/t20?,21-/m0/s1. The van der Waals surface area contributed by atoms with Gasteiger partial charge in [-0.15, -0.1) is 0 Å². The zero-order valence-electron chi connectivity index (χ0n) is 18.8. The summed E-state index contributed by atoms with van der Waals surface area (Å²) in [5.41, 5.74) is 8.24. The number of nitrogens with zero attached hydrogens (tertiary/aromatic N) is 3. The number of urea groups is 1. The van der Waals surface area contributed by atoms with Crippen LogP contribution < -0.4 is 11.6 Å². The maximum absolute atomic E-state index is 13.5. The van der Waals surface area contributed by atoms with Crippen LogP contribution in [0.4, 0.5) is 4.79 Å². The Hall–Kier alpha value is -4.02. The summed E-state index contributed by atoms with van der Waals surface area (Å²) >= 11 is 0. The number of hydrogen-bond acceptors (Lipinski definition) is 7. The van der Waals surface area contributed by atoms with Gasteiger partial charge in [0.1, 0.15) is 6.04 Å². The number of imide groups is 1. The molecule has 34 heavy (non-hydrogen) atoms. The van der Waals surface area contributed by atoms with E-state index in [0.29, 0.717) is 5.69 Å². The smallest absolute Gasteiger partial charge is 0.342 e. The van der Waals surface area contributed by atoms with Gasteiger partial charge < -0.3 is 15.5 Å². The minimum atomic E-state index is -1.31. The second kappa shape index (κ2) is 11.7. The zero-order chi connectivity index (χ0) is 24.5. The minimum Gasteiger partial charge on any atom is -0.467 e. The third-order valence-corrected chi connectivity index (χ3v) is 5.24. The second-order valence-electron chi connectivity index (χ2n) is 7.70. The van der Waals surface area contributed by atoms with Crippen molar-refractivity contribution in [2.24, 2.45) is 11.6 Å². The van der Waals surface area contributed by atoms with Crippen LogP contribution in [0.2, 0.25) is 0 Å². The Bertz CT molecular complexity index is 1020. The van der Waals surface area contributed by atoms with E-state index in [4.69, 9.17) is 16.3 Å². The van der Waals surface area contributed by atoms with Crippen LogP contribution in [-0.4, -0.2) is 57.0 Å². The molecule has 0 spiro atoms. The molecule has 3 rings (SSSR count). The highest BCUT2D eigenvalue weighted by molar-refractivity contribution is 6.01. The molecule has 178 valence electrons. The number of aromatic nitrogens is 2. The number of H-pyrrole nitrogens is 1. The van der Waals surface area contributed by atoms with Gasteiger partial charge in [-0.2, -0.15) is 0 Å². The first-order valence-corrected chi connectivity index (χ1v) is 10.7. The predicted octanol–water partition coefficient (Wildman–Crippen LogP) is 1.39. The van der Waals surface area contributed by atoms with Crippen molar-refractivity contribution in [3.05, 3.63) is 90.0 Å². The number of carbonyl (C=O) groups excluding carboxylic acids is 3. The third kappa shape index (κ3) is 6.27. The Balaban J connectivity index is 1.91. The number of rotatable bonds is 9. The van der Waals surface area contributed by atoms with Crippen molar-refractivity contribution in [3.63, 3.8) is 0 Å². The van der Waals surface area contributed by atoms with Gasteiger partial charge in [0.25, 0.3) is 0 Å². The van der Waals surface area contributed by atoms with Gasteiger partial charge in [0.2, 0.25) is 5.91 Å². The highest BCUT2D eigenvalue weighted by Gasteiger charge is 2.40. The molecule has 10 heteroatoms. The molecule has 0 aliphatic heterocycles. The lowest BCUT2D eigenvalue weighted by atomic mass is 10.0. The SMILES string of the molecule is COC(=O)[C@H](Cc1c[nH]cn1)N(C(=O)C(N)Cc1ccccc1)C(=O)N(N)Cc1ccccc1. The van der Waals surface area contributed by atoms with Gasteiger partial charge in [-0.3, -0.25) is 9.80 Å². The van der Waals surface area contributed by atoms with E-state index in [0.717, 1.165) is 21.0 Å². The molecule has 3 aromatic rings. The van der Waals surface area contributed by atoms with Crippen molar-refractivity contribution in [1.82, 2.24) is 19.9 Å². The van der Waals surface area contributed by atoms with Crippen LogP contribution in [0.1, 0.15) is 16.8 Å². The van der Waals surface area contributed by atoms with Crippen LogP contribution in [0, 0.1) is 0 Å². The third-order valence-electron chi connectivity index (χ3n) is 5.24. The molecule has 5 N–H and O–H groups in total. The number of esters is 1. The number of aromatic amines is 1. The molecule has 0 radical (unpaired) electrons. The Morgan fingerprint density at radius 3 is 2.18 bits per heavy atom. The quantitative estimate of drug-likeness (QED) is 0.188. The Kier molecular flexibility index (Phi) is 8.49. The predicted molar refractivity (Wildman–Crippen MR) is 125 cm³/mol. The van der Waals surface area contributed by atoms with E-state index in [9.17, 15) is 14.4 Å². The fourth-order valence-corrected chi connectivity index (χ4v) is 3.52. The molecule has 2 aromatic carbocycles. The number of methoxy groups -OCH3 is 1. The van der Waals surface area contributed by atoms with Crippen LogP contribution >= 0.6 is 0 Å². The Morgan fingerprint density at radius 2 is 1.62 bits per heavy atom. The lowest BCUT2D eigenvalue weighted by Crippen LogP contribution is -2.60. The minimum absolute atomic E-state index is 0.0215. The van der Waals surface area contributed by atoms with Crippen molar-refractivity contribution in [1.29, 1.82) is 0 Å². The van der Waals surface area contributed by atoms with Gasteiger partial charge in [0.15, 0.2) is 0 Å². The average Bonchev–Trinajstić information content (AvgIpc) is 3.37. The van der Waals surface area contributed by atoms with Crippen molar-refractivity contribution < 1.29 is 19.1 Å². The number of amides is 3. The van der Waals surface area contributed by atoms with E-state index in [1.807, 2.05) is 36.4 Å². The number of nitrogens with one attached hydrogen (secondary N) is 1. The molecule has 0 aliphatic rings. The van der Waals surface area contributed by atoms with Crippen molar-refractivity contribution in [2.75, 3.05) is 7.11 Å². The lowest BCUT2D eigenvalue weighted by molar-refractivity contribution is -0.151. The molecule has 2 atom stereocenters. The summed E-state index contributed by atoms with van der Waals surface area (Å²) in [6.07, 6.45) is 3.11. The Morgan fingerprint density at radius 1 is 1.00 bits per heavy atom. The highest BCUT2D eigenvalue weighted by atomic mass is 16.5. The molecule has 0 aliphatic carbocycles. The molecule has 10 nitrogen and oxygen atoms in total. The first-order chi connectivity index (χ1) is 16.4. The van der Waals surface area contributed by atoms with Gasteiger partial charge in [-0.25, -0.2) is 25.3 Å². The summed E-state index contributed by atoms with van der Waals surface area (Å²) in [4.78, 5) is 47.4. The van der Waals surface area contributed by atoms with Gasteiger partial charge >= 0.3 is 12.0 Å². The number of nitrogens with two attached hydrogens (primary N) is 2. The van der Waals surface area contributed by atoms with Crippen LogP contribution in [0.15, 0.2) is 73.2 Å². The van der Waals surface area contributed by atoms with Crippen LogP contribution in [-0.2, 0) is 33.7 Å². The van der Waals surface area contributed by atoms with Gasteiger partial charge in [-0.1, -0.05) is 60.7 Å². The maximum Gasteiger partial charge on any atom is 0.342 e. The monoisotopic (exact) mass is 464 g/mol. The van der Waals surface area contributed by atoms with Crippen LogP contribution in [0.25, 0.3) is 0 Å². The van der Waals surface area contributed by atoms with Gasteiger partial charge in [-0.05, 0) is 17.5 Å². The van der Waals surface area contributed by atoms with E-state index in [1.165, 1.54) is 13.4 Å². The molecule has 1 unspecified atom stereocenters. The number of hydrogen-bond donors (Lipinski definition) is 3. The van der Waals surface area contributed by atoms with Crippen molar-refractivity contribution in [3.8, 4) is 0 Å². The Labute approximate surface area is 197 Å². The summed E-state index contributed by atoms with van der Waals surface area (Å²) < 4.78 is 4.92. The van der Waals surface area contributed by atoms with Gasteiger partial charge in [0.05, 0.1) is 31.7 Å². The zero-order valence-corrected chi connectivity index (χ0v) is 18.8. The first-order valence-electron chi connectivity index (χ1n) is 10.7. The van der Waals surface area contributed by atoms with E-state index < -0.39 is 30.0 Å². The first kappa shape index (κ1) is 24.6. The van der Waals surface area contributed by atoms with E-state index in [-0.39, 0.29) is 19.4 Å². The molecule has 1 aromatic heterocycles. The van der Waals surface area contributed by atoms with Crippen LogP contribution in [0.5, 0.6) is 0 Å². The summed E-state index contributed by atoms with van der Waals surface area (Å²) in [5.74, 6) is 4.53. The molecule has 3 amide bonds.